The molecule has 1 saturated carbocycles. The number of hydrogen-bond donors (Lipinski definition) is 1. The number of carbonyl (C=O) groups excluding carboxylic acids is 1. The highest BCUT2D eigenvalue weighted by Crippen LogP contribution is 2.40. The summed E-state index contributed by atoms with van der Waals surface area (Å²) < 4.78 is 5.38. The molecule has 3 nitrogen and oxygen atoms in total. The van der Waals surface area contributed by atoms with Crippen molar-refractivity contribution >= 4 is 17.7 Å². The number of ether oxygens (including phenoxy) is 1. The first-order valence-corrected chi connectivity index (χ1v) is 9.03. The van der Waals surface area contributed by atoms with Gasteiger partial charge >= 0.3 is 5.97 Å². The molecule has 0 amide bonds. The Morgan fingerprint density at radius 3 is 2.65 bits per heavy atom. The molecule has 1 aliphatic rings. The largest absolute Gasteiger partial charge is 0.465 e. The summed E-state index contributed by atoms with van der Waals surface area (Å²) >= 11 is 1.98. The minimum absolute atomic E-state index is 0.0363. The molecule has 0 saturated heterocycles. The molecule has 1 N–H and O–H groups in total. The summed E-state index contributed by atoms with van der Waals surface area (Å²) in [6.45, 7) is 11.0. The van der Waals surface area contributed by atoms with Crippen molar-refractivity contribution in [1.29, 1.82) is 0 Å². The zero-order chi connectivity index (χ0) is 15.2. The molecule has 4 heteroatoms. The van der Waals surface area contributed by atoms with Gasteiger partial charge in [0.1, 0.15) is 5.54 Å². The average molecular weight is 301 g/mol. The monoisotopic (exact) mass is 301 g/mol. The van der Waals surface area contributed by atoms with Crippen molar-refractivity contribution < 1.29 is 9.53 Å². The maximum atomic E-state index is 12.5. The smallest absolute Gasteiger partial charge is 0.326 e. The molecule has 0 bridgehead atoms. The van der Waals surface area contributed by atoms with Crippen LogP contribution in [0.4, 0.5) is 0 Å². The molecule has 1 fully saturated rings. The van der Waals surface area contributed by atoms with E-state index in [-0.39, 0.29) is 5.97 Å². The van der Waals surface area contributed by atoms with Gasteiger partial charge < -0.3 is 4.74 Å². The van der Waals surface area contributed by atoms with Gasteiger partial charge in [0.25, 0.3) is 0 Å². The van der Waals surface area contributed by atoms with Crippen LogP contribution in [0.25, 0.3) is 0 Å². The van der Waals surface area contributed by atoms with Crippen molar-refractivity contribution in [3.05, 3.63) is 0 Å². The van der Waals surface area contributed by atoms with E-state index in [0.29, 0.717) is 23.8 Å². The second-order valence-corrected chi connectivity index (χ2v) is 7.97. The van der Waals surface area contributed by atoms with Crippen molar-refractivity contribution in [3.8, 4) is 0 Å². The summed E-state index contributed by atoms with van der Waals surface area (Å²) in [6, 6.07) is 0.303. The molecular formula is C16H31NO2S. The fourth-order valence-electron chi connectivity index (χ4n) is 3.21. The van der Waals surface area contributed by atoms with Crippen LogP contribution in [0.15, 0.2) is 0 Å². The first kappa shape index (κ1) is 17.8. The molecule has 0 aliphatic heterocycles. The van der Waals surface area contributed by atoms with E-state index in [1.165, 1.54) is 0 Å². The Morgan fingerprint density at radius 1 is 1.40 bits per heavy atom. The van der Waals surface area contributed by atoms with Gasteiger partial charge in [-0.2, -0.15) is 11.8 Å². The second-order valence-electron chi connectivity index (χ2n) is 6.29. The van der Waals surface area contributed by atoms with Crippen LogP contribution in [-0.2, 0) is 9.53 Å². The zero-order valence-electron chi connectivity index (χ0n) is 13.7. The van der Waals surface area contributed by atoms with Crippen LogP contribution in [0.1, 0.15) is 60.3 Å². The lowest BCUT2D eigenvalue weighted by molar-refractivity contribution is -0.153. The van der Waals surface area contributed by atoms with Gasteiger partial charge in [0, 0.05) is 6.04 Å². The summed E-state index contributed by atoms with van der Waals surface area (Å²) in [7, 11) is 0. The van der Waals surface area contributed by atoms with E-state index in [1.54, 1.807) is 0 Å². The first-order chi connectivity index (χ1) is 9.42. The van der Waals surface area contributed by atoms with E-state index in [2.05, 4.69) is 33.0 Å². The van der Waals surface area contributed by atoms with Gasteiger partial charge in [0.05, 0.1) is 6.61 Å². The molecule has 0 aromatic heterocycles. The molecule has 1 rings (SSSR count). The van der Waals surface area contributed by atoms with E-state index in [9.17, 15) is 4.79 Å². The first-order valence-electron chi connectivity index (χ1n) is 7.99. The number of nitrogens with one attached hydrogen (secondary N) is 1. The predicted octanol–water partition coefficient (Wildman–Crippen LogP) is 3.62. The summed E-state index contributed by atoms with van der Waals surface area (Å²) in [6.07, 6.45) is 4.27. The predicted molar refractivity (Wildman–Crippen MR) is 87.2 cm³/mol. The molecule has 20 heavy (non-hydrogen) atoms. The van der Waals surface area contributed by atoms with Crippen LogP contribution < -0.4 is 5.32 Å². The molecule has 1 aliphatic carbocycles. The Hall–Kier alpha value is -0.220. The Morgan fingerprint density at radius 2 is 2.10 bits per heavy atom. The van der Waals surface area contributed by atoms with Crippen molar-refractivity contribution in [2.45, 2.75) is 77.1 Å². The number of esters is 1. The molecule has 0 heterocycles. The fraction of sp³-hybridized carbons (Fsp3) is 0.938. The Kier molecular flexibility index (Phi) is 7.38. The van der Waals surface area contributed by atoms with Gasteiger partial charge in [-0.15, -0.1) is 0 Å². The third-order valence-corrected chi connectivity index (χ3v) is 5.06. The highest BCUT2D eigenvalue weighted by molar-refractivity contribution is 7.99. The summed E-state index contributed by atoms with van der Waals surface area (Å²) in [5, 5.41) is 4.20. The number of carbonyl (C=O) groups is 1. The third-order valence-electron chi connectivity index (χ3n) is 3.92. The van der Waals surface area contributed by atoms with Crippen LogP contribution in [0.5, 0.6) is 0 Å². The number of thioether (sulfide) groups is 1. The Labute approximate surface area is 128 Å². The molecule has 118 valence electrons. The van der Waals surface area contributed by atoms with E-state index in [4.69, 9.17) is 4.74 Å². The Bertz CT molecular complexity index is 307. The maximum absolute atomic E-state index is 12.5. The highest BCUT2D eigenvalue weighted by atomic mass is 32.2. The molecular weight excluding hydrogens is 270 g/mol. The van der Waals surface area contributed by atoms with Crippen molar-refractivity contribution in [2.24, 2.45) is 5.92 Å². The molecule has 0 aromatic carbocycles. The van der Waals surface area contributed by atoms with E-state index >= 15 is 0 Å². The van der Waals surface area contributed by atoms with Crippen LogP contribution in [0.3, 0.4) is 0 Å². The van der Waals surface area contributed by atoms with Crippen LogP contribution >= 0.6 is 11.8 Å². The van der Waals surface area contributed by atoms with Crippen molar-refractivity contribution in [2.75, 3.05) is 12.4 Å². The second kappa shape index (κ2) is 8.28. The van der Waals surface area contributed by atoms with Crippen molar-refractivity contribution in [3.63, 3.8) is 0 Å². The van der Waals surface area contributed by atoms with E-state index in [0.717, 1.165) is 31.4 Å². The lowest BCUT2D eigenvalue weighted by atomic mass is 9.84. The van der Waals surface area contributed by atoms with Crippen molar-refractivity contribution in [1.82, 2.24) is 5.32 Å². The SMILES string of the molecule is CCOC(=O)C1(NC(C)C)CCCC1CCSC(C)C. The van der Waals surface area contributed by atoms with Gasteiger partial charge in [0.15, 0.2) is 0 Å². The molecule has 0 spiro atoms. The number of hydrogen-bond acceptors (Lipinski definition) is 4. The normalized spacial score (nSPS) is 26.4. The summed E-state index contributed by atoms with van der Waals surface area (Å²) in [5.41, 5.74) is -0.443. The summed E-state index contributed by atoms with van der Waals surface area (Å²) in [5.74, 6) is 1.50. The topological polar surface area (TPSA) is 38.3 Å². The van der Waals surface area contributed by atoms with E-state index in [1.807, 2.05) is 18.7 Å². The number of rotatable bonds is 8. The van der Waals surface area contributed by atoms with Gasteiger partial charge in [-0.25, -0.2) is 0 Å². The Balaban J connectivity index is 2.75. The molecule has 2 atom stereocenters. The average Bonchev–Trinajstić information content (AvgIpc) is 2.72. The fourth-order valence-corrected chi connectivity index (χ4v) is 4.10. The lowest BCUT2D eigenvalue weighted by Gasteiger charge is -2.36. The molecule has 0 radical (unpaired) electrons. The van der Waals surface area contributed by atoms with Crippen LogP contribution in [0, 0.1) is 5.92 Å². The minimum atomic E-state index is -0.443. The van der Waals surface area contributed by atoms with Gasteiger partial charge in [-0.3, -0.25) is 10.1 Å². The van der Waals surface area contributed by atoms with Crippen LogP contribution in [-0.4, -0.2) is 35.2 Å². The van der Waals surface area contributed by atoms with Gasteiger partial charge in [-0.05, 0) is 57.0 Å². The zero-order valence-corrected chi connectivity index (χ0v) is 14.5. The van der Waals surface area contributed by atoms with Crippen LogP contribution in [0.2, 0.25) is 0 Å². The third kappa shape index (κ3) is 4.66. The lowest BCUT2D eigenvalue weighted by Crippen LogP contribution is -2.58. The van der Waals surface area contributed by atoms with Gasteiger partial charge in [0.2, 0.25) is 0 Å². The van der Waals surface area contributed by atoms with Gasteiger partial charge in [-0.1, -0.05) is 20.3 Å². The molecule has 0 aromatic rings. The maximum Gasteiger partial charge on any atom is 0.326 e. The standard InChI is InChI=1S/C16H31NO2S/c1-6-19-15(18)16(17-12(2)3)10-7-8-14(16)9-11-20-13(4)5/h12-14,17H,6-11H2,1-5H3. The summed E-state index contributed by atoms with van der Waals surface area (Å²) in [4.78, 5) is 12.5. The minimum Gasteiger partial charge on any atom is -0.465 e. The van der Waals surface area contributed by atoms with E-state index < -0.39 is 5.54 Å². The quantitative estimate of drug-likeness (QED) is 0.695. The molecule has 2 unspecified atom stereocenters. The highest BCUT2D eigenvalue weighted by Gasteiger charge is 2.49.